The molecule has 0 atom stereocenters. The normalized spacial score (nSPS) is 14.7. The lowest BCUT2D eigenvalue weighted by atomic mass is 9.97. The van der Waals surface area contributed by atoms with Crippen molar-refractivity contribution in [1.29, 1.82) is 0 Å². The summed E-state index contributed by atoms with van der Waals surface area (Å²) in [5.41, 5.74) is 1.14. The molecule has 1 N–H and O–H groups in total. The Morgan fingerprint density at radius 2 is 1.56 bits per heavy atom. The number of sulfonamides is 1. The summed E-state index contributed by atoms with van der Waals surface area (Å²) < 4.78 is 42.6. The fourth-order valence-corrected chi connectivity index (χ4v) is 5.58. The Morgan fingerprint density at radius 1 is 0.972 bits per heavy atom. The van der Waals surface area contributed by atoms with Gasteiger partial charge in [-0.15, -0.1) is 0 Å². The Kier molecular flexibility index (Phi) is 8.70. The zero-order valence-electron chi connectivity index (χ0n) is 20.7. The van der Waals surface area contributed by atoms with Crippen LogP contribution in [0, 0.1) is 12.8 Å². The largest absolute Gasteiger partial charge is 0.494 e. The number of carbonyl (C=O) groups excluding carboxylic acids is 3. The van der Waals surface area contributed by atoms with Gasteiger partial charge in [-0.2, -0.15) is 4.31 Å². The van der Waals surface area contributed by atoms with E-state index in [4.69, 9.17) is 14.2 Å². The Bertz CT molecular complexity index is 1220. The number of benzene rings is 2. The zero-order chi connectivity index (χ0) is 26.5. The summed E-state index contributed by atoms with van der Waals surface area (Å²) in [6.45, 7) is 4.50. The molecule has 1 fully saturated rings. The molecular weight excluding hydrogens is 488 g/mol. The third kappa shape index (κ3) is 6.03. The van der Waals surface area contributed by atoms with Gasteiger partial charge in [0.15, 0.2) is 0 Å². The lowest BCUT2D eigenvalue weighted by molar-refractivity contribution is -0.120. The number of hydrogen-bond acceptors (Lipinski definition) is 8. The standard InChI is InChI=1S/C25H30N2O8S/c1-5-35-22-7-6-21(12-16(22)2)36(31,32)27-10-8-17(9-11-27)23(28)26-20-14-18(24(29)33-3)13-19(15-20)25(30)34-4/h6-7,12-15,17H,5,8-11H2,1-4H3,(H,26,28). The van der Waals surface area contributed by atoms with E-state index in [1.165, 1.54) is 42.8 Å². The van der Waals surface area contributed by atoms with Gasteiger partial charge < -0.3 is 19.5 Å². The highest BCUT2D eigenvalue weighted by Crippen LogP contribution is 2.28. The maximum atomic E-state index is 13.1. The van der Waals surface area contributed by atoms with E-state index in [9.17, 15) is 22.8 Å². The minimum atomic E-state index is -3.72. The molecule has 0 aliphatic carbocycles. The van der Waals surface area contributed by atoms with E-state index in [-0.39, 0.29) is 40.7 Å². The number of ether oxygens (including phenoxy) is 3. The minimum Gasteiger partial charge on any atom is -0.494 e. The van der Waals surface area contributed by atoms with E-state index in [1.807, 2.05) is 6.92 Å². The summed E-state index contributed by atoms with van der Waals surface area (Å²) in [7, 11) is -1.30. The maximum Gasteiger partial charge on any atom is 0.337 e. The fraction of sp³-hybridized carbons (Fsp3) is 0.400. The van der Waals surface area contributed by atoms with Gasteiger partial charge in [-0.3, -0.25) is 4.79 Å². The van der Waals surface area contributed by atoms with E-state index in [0.717, 1.165) is 5.56 Å². The minimum absolute atomic E-state index is 0.0854. The van der Waals surface area contributed by atoms with Gasteiger partial charge in [0.2, 0.25) is 15.9 Å². The third-order valence-electron chi connectivity index (χ3n) is 5.95. The molecule has 1 heterocycles. The number of aryl methyl sites for hydroxylation is 1. The van der Waals surface area contributed by atoms with Gasteiger partial charge in [0, 0.05) is 24.7 Å². The first-order chi connectivity index (χ1) is 17.1. The first kappa shape index (κ1) is 27.2. The van der Waals surface area contributed by atoms with Crippen molar-refractivity contribution in [3.8, 4) is 5.75 Å². The Hall–Kier alpha value is -3.44. The molecule has 11 heteroatoms. The number of methoxy groups -OCH3 is 2. The number of nitrogens with one attached hydrogen (secondary N) is 1. The van der Waals surface area contributed by atoms with Crippen LogP contribution in [-0.2, 0) is 24.3 Å². The summed E-state index contributed by atoms with van der Waals surface area (Å²) in [6.07, 6.45) is 0.642. The second kappa shape index (κ2) is 11.5. The smallest absolute Gasteiger partial charge is 0.337 e. The van der Waals surface area contributed by atoms with E-state index in [2.05, 4.69) is 5.32 Å². The van der Waals surface area contributed by atoms with Crippen LogP contribution in [0.2, 0.25) is 0 Å². The molecule has 0 bridgehead atoms. The summed E-state index contributed by atoms with van der Waals surface area (Å²) in [5, 5.41) is 2.72. The van der Waals surface area contributed by atoms with Gasteiger partial charge in [0.1, 0.15) is 5.75 Å². The van der Waals surface area contributed by atoms with Crippen molar-refractivity contribution in [2.24, 2.45) is 5.92 Å². The number of esters is 2. The lowest BCUT2D eigenvalue weighted by Gasteiger charge is -2.30. The second-order valence-corrected chi connectivity index (χ2v) is 10.2. The molecule has 0 saturated carbocycles. The number of rotatable bonds is 8. The monoisotopic (exact) mass is 518 g/mol. The first-order valence-electron chi connectivity index (χ1n) is 11.5. The van der Waals surface area contributed by atoms with Crippen LogP contribution in [0.3, 0.4) is 0 Å². The van der Waals surface area contributed by atoms with Crippen molar-refractivity contribution >= 4 is 33.6 Å². The molecule has 2 aromatic carbocycles. The van der Waals surface area contributed by atoms with Gasteiger partial charge in [-0.25, -0.2) is 18.0 Å². The van der Waals surface area contributed by atoms with Crippen LogP contribution in [0.5, 0.6) is 5.75 Å². The lowest BCUT2D eigenvalue weighted by Crippen LogP contribution is -2.41. The number of anilines is 1. The Labute approximate surface area is 210 Å². The molecule has 1 aliphatic heterocycles. The van der Waals surface area contributed by atoms with Crippen molar-refractivity contribution in [2.45, 2.75) is 31.6 Å². The van der Waals surface area contributed by atoms with Gasteiger partial charge >= 0.3 is 11.9 Å². The summed E-state index contributed by atoms with van der Waals surface area (Å²) >= 11 is 0. The van der Waals surface area contributed by atoms with E-state index in [0.29, 0.717) is 25.2 Å². The quantitative estimate of drug-likeness (QED) is 0.528. The van der Waals surface area contributed by atoms with Crippen LogP contribution in [-0.4, -0.2) is 64.5 Å². The zero-order valence-corrected chi connectivity index (χ0v) is 21.5. The predicted molar refractivity (Wildman–Crippen MR) is 132 cm³/mol. The molecule has 0 spiro atoms. The number of piperidine rings is 1. The van der Waals surface area contributed by atoms with Crippen LogP contribution in [0.25, 0.3) is 0 Å². The number of nitrogens with zero attached hydrogens (tertiary/aromatic N) is 1. The second-order valence-electron chi connectivity index (χ2n) is 8.31. The van der Waals surface area contributed by atoms with Crippen LogP contribution >= 0.6 is 0 Å². The molecule has 1 amide bonds. The summed E-state index contributed by atoms with van der Waals surface area (Å²) in [5.74, 6) is -1.47. The average Bonchev–Trinajstić information content (AvgIpc) is 2.88. The molecule has 2 aromatic rings. The Morgan fingerprint density at radius 3 is 2.06 bits per heavy atom. The van der Waals surface area contributed by atoms with E-state index < -0.39 is 27.9 Å². The van der Waals surface area contributed by atoms with Crippen LogP contribution in [0.4, 0.5) is 5.69 Å². The van der Waals surface area contributed by atoms with E-state index in [1.54, 1.807) is 19.1 Å². The molecule has 0 aromatic heterocycles. The number of amides is 1. The van der Waals surface area contributed by atoms with E-state index >= 15 is 0 Å². The highest BCUT2D eigenvalue weighted by molar-refractivity contribution is 7.89. The van der Waals surface area contributed by atoms with Gasteiger partial charge in [0.25, 0.3) is 0 Å². The van der Waals surface area contributed by atoms with Crippen LogP contribution in [0.15, 0.2) is 41.3 Å². The van der Waals surface area contributed by atoms with Crippen molar-refractivity contribution < 1.29 is 37.0 Å². The molecule has 1 aliphatic rings. The molecule has 36 heavy (non-hydrogen) atoms. The van der Waals surface area contributed by atoms with Crippen molar-refractivity contribution in [3.63, 3.8) is 0 Å². The fourth-order valence-electron chi connectivity index (χ4n) is 4.02. The topological polar surface area (TPSA) is 128 Å². The van der Waals surface area contributed by atoms with Crippen LogP contribution in [0.1, 0.15) is 46.0 Å². The van der Waals surface area contributed by atoms with Gasteiger partial charge in [-0.05, 0) is 68.7 Å². The third-order valence-corrected chi connectivity index (χ3v) is 7.85. The number of hydrogen-bond donors (Lipinski definition) is 1. The van der Waals surface area contributed by atoms with Crippen molar-refractivity contribution in [2.75, 3.05) is 39.2 Å². The summed E-state index contributed by atoms with van der Waals surface area (Å²) in [6, 6.07) is 8.90. The molecule has 0 radical (unpaired) electrons. The van der Waals surface area contributed by atoms with Gasteiger partial charge in [-0.1, -0.05) is 0 Å². The van der Waals surface area contributed by atoms with Crippen molar-refractivity contribution in [1.82, 2.24) is 4.31 Å². The molecule has 0 unspecified atom stereocenters. The summed E-state index contributed by atoms with van der Waals surface area (Å²) in [4.78, 5) is 37.1. The maximum absolute atomic E-state index is 13.1. The highest BCUT2D eigenvalue weighted by atomic mass is 32.2. The molecular formula is C25H30N2O8S. The Balaban J connectivity index is 1.69. The van der Waals surface area contributed by atoms with Crippen LogP contribution < -0.4 is 10.1 Å². The SMILES string of the molecule is CCOc1ccc(S(=O)(=O)N2CCC(C(=O)Nc3cc(C(=O)OC)cc(C(=O)OC)c3)CC2)cc1C. The molecule has 3 rings (SSSR count). The molecule has 1 saturated heterocycles. The highest BCUT2D eigenvalue weighted by Gasteiger charge is 2.32. The number of carbonyl (C=O) groups is 3. The predicted octanol–water partition coefficient (Wildman–Crippen LogP) is 3.01. The molecule has 10 nitrogen and oxygen atoms in total. The first-order valence-corrected chi connectivity index (χ1v) is 12.9. The molecule has 194 valence electrons. The van der Waals surface area contributed by atoms with Gasteiger partial charge in [0.05, 0.1) is 36.8 Å². The van der Waals surface area contributed by atoms with Crippen molar-refractivity contribution in [3.05, 3.63) is 53.1 Å². The average molecular weight is 519 g/mol.